The summed E-state index contributed by atoms with van der Waals surface area (Å²) in [6.07, 6.45) is 3.13. The molecular weight excluding hydrogens is 469 g/mol. The SMILES string of the molecule is CN=C(NCCNC(=O)c1cccnc1)N1CCS(=O)(=O)C(C)(C)C1.I. The van der Waals surface area contributed by atoms with E-state index in [0.29, 0.717) is 37.7 Å². The van der Waals surface area contributed by atoms with Crippen molar-refractivity contribution in [2.45, 2.75) is 18.6 Å². The van der Waals surface area contributed by atoms with Crippen LogP contribution in [0.2, 0.25) is 0 Å². The standard InChI is InChI=1S/C16H25N5O3S.HI/c1-16(2)12-21(9-10-25(16,23)24)15(17-3)20-8-7-19-14(22)13-5-4-6-18-11-13;/h4-6,11H,7-10,12H2,1-3H3,(H,17,20)(H,19,22);1H. The number of carbonyl (C=O) groups excluding carboxylic acids is 1. The van der Waals surface area contributed by atoms with Crippen molar-refractivity contribution in [3.05, 3.63) is 30.1 Å². The summed E-state index contributed by atoms with van der Waals surface area (Å²) < 4.78 is 23.4. The number of carbonyl (C=O) groups is 1. The van der Waals surface area contributed by atoms with Crippen molar-refractivity contribution in [3.63, 3.8) is 0 Å². The second-order valence-electron chi connectivity index (χ2n) is 6.47. The average molecular weight is 495 g/mol. The summed E-state index contributed by atoms with van der Waals surface area (Å²) in [6, 6.07) is 3.41. The molecule has 2 heterocycles. The molecule has 8 nitrogen and oxygen atoms in total. The van der Waals surface area contributed by atoms with Crippen molar-refractivity contribution < 1.29 is 13.2 Å². The number of rotatable bonds is 4. The van der Waals surface area contributed by atoms with E-state index in [1.807, 2.05) is 4.90 Å². The summed E-state index contributed by atoms with van der Waals surface area (Å²) in [7, 11) is -1.43. The zero-order chi connectivity index (χ0) is 18.5. The number of nitrogens with zero attached hydrogens (tertiary/aromatic N) is 3. The monoisotopic (exact) mass is 495 g/mol. The second-order valence-corrected chi connectivity index (χ2v) is 9.21. The molecule has 10 heteroatoms. The largest absolute Gasteiger partial charge is 0.354 e. The highest BCUT2D eigenvalue weighted by Crippen LogP contribution is 2.23. The van der Waals surface area contributed by atoms with Gasteiger partial charge in [0.1, 0.15) is 0 Å². The normalized spacial score (nSPS) is 18.6. The first-order valence-corrected chi connectivity index (χ1v) is 9.78. The van der Waals surface area contributed by atoms with E-state index in [1.54, 1.807) is 39.2 Å². The van der Waals surface area contributed by atoms with Crippen LogP contribution in [0.3, 0.4) is 0 Å². The van der Waals surface area contributed by atoms with Gasteiger partial charge in [-0.05, 0) is 26.0 Å². The molecule has 1 aromatic rings. The van der Waals surface area contributed by atoms with Crippen LogP contribution < -0.4 is 10.6 Å². The summed E-state index contributed by atoms with van der Waals surface area (Å²) in [5.41, 5.74) is 0.509. The van der Waals surface area contributed by atoms with E-state index in [-0.39, 0.29) is 35.6 Å². The van der Waals surface area contributed by atoms with Gasteiger partial charge in [-0.15, -0.1) is 24.0 Å². The number of pyridine rings is 1. The maximum absolute atomic E-state index is 12.1. The molecule has 1 fully saturated rings. The molecule has 0 aliphatic carbocycles. The van der Waals surface area contributed by atoms with E-state index in [9.17, 15) is 13.2 Å². The van der Waals surface area contributed by atoms with Crippen molar-refractivity contribution in [3.8, 4) is 0 Å². The molecule has 0 saturated carbocycles. The first kappa shape index (κ1) is 22.6. The van der Waals surface area contributed by atoms with E-state index in [4.69, 9.17) is 0 Å². The zero-order valence-corrected chi connectivity index (χ0v) is 18.4. The van der Waals surface area contributed by atoms with Crippen LogP contribution in [0.25, 0.3) is 0 Å². The lowest BCUT2D eigenvalue weighted by Gasteiger charge is -2.39. The molecule has 0 radical (unpaired) electrons. The van der Waals surface area contributed by atoms with Gasteiger partial charge in [0.25, 0.3) is 5.91 Å². The molecule has 0 unspecified atom stereocenters. The number of nitrogens with one attached hydrogen (secondary N) is 2. The molecule has 1 saturated heterocycles. The van der Waals surface area contributed by atoms with Gasteiger partial charge >= 0.3 is 0 Å². The minimum Gasteiger partial charge on any atom is -0.354 e. The summed E-state index contributed by atoms with van der Waals surface area (Å²) in [5, 5.41) is 5.96. The van der Waals surface area contributed by atoms with Gasteiger partial charge in [-0.1, -0.05) is 0 Å². The van der Waals surface area contributed by atoms with Gasteiger partial charge < -0.3 is 15.5 Å². The van der Waals surface area contributed by atoms with Crippen LogP contribution >= 0.6 is 24.0 Å². The molecule has 1 amide bonds. The summed E-state index contributed by atoms with van der Waals surface area (Å²) in [4.78, 5) is 22.0. The van der Waals surface area contributed by atoms with Crippen LogP contribution in [0.5, 0.6) is 0 Å². The Balaban J connectivity index is 0.00000338. The van der Waals surface area contributed by atoms with Crippen LogP contribution in [0.4, 0.5) is 0 Å². The van der Waals surface area contributed by atoms with Gasteiger partial charge in [-0.25, -0.2) is 8.42 Å². The van der Waals surface area contributed by atoms with Gasteiger partial charge in [0.2, 0.25) is 0 Å². The van der Waals surface area contributed by atoms with Gasteiger partial charge in [-0.2, -0.15) is 0 Å². The highest BCUT2D eigenvalue weighted by atomic mass is 127. The van der Waals surface area contributed by atoms with Crippen molar-refractivity contribution >= 4 is 45.7 Å². The number of hydrogen-bond acceptors (Lipinski definition) is 5. The molecule has 0 bridgehead atoms. The molecule has 2 N–H and O–H groups in total. The Morgan fingerprint density at radius 3 is 2.62 bits per heavy atom. The third kappa shape index (κ3) is 5.53. The average Bonchev–Trinajstić information content (AvgIpc) is 2.58. The van der Waals surface area contributed by atoms with Crippen molar-refractivity contribution in [1.29, 1.82) is 0 Å². The number of sulfone groups is 1. The molecule has 1 aliphatic heterocycles. The summed E-state index contributed by atoms with van der Waals surface area (Å²) >= 11 is 0. The molecule has 1 aliphatic rings. The molecule has 0 spiro atoms. The van der Waals surface area contributed by atoms with Gasteiger partial charge in [0.05, 0.1) is 16.1 Å². The van der Waals surface area contributed by atoms with Crippen molar-refractivity contribution in [2.24, 2.45) is 4.99 Å². The van der Waals surface area contributed by atoms with E-state index in [2.05, 4.69) is 20.6 Å². The molecule has 1 aromatic heterocycles. The fraction of sp³-hybridized carbons (Fsp3) is 0.562. The molecule has 0 atom stereocenters. The fourth-order valence-electron chi connectivity index (χ4n) is 2.61. The van der Waals surface area contributed by atoms with E-state index < -0.39 is 14.6 Å². The Hall–Kier alpha value is -1.43. The Labute approximate surface area is 171 Å². The molecule has 0 aromatic carbocycles. The summed E-state index contributed by atoms with van der Waals surface area (Å²) in [5.74, 6) is 0.562. The second kappa shape index (κ2) is 9.49. The topological polar surface area (TPSA) is 104 Å². The van der Waals surface area contributed by atoms with E-state index >= 15 is 0 Å². The van der Waals surface area contributed by atoms with Crippen LogP contribution in [-0.4, -0.2) is 73.9 Å². The van der Waals surface area contributed by atoms with Crippen LogP contribution in [-0.2, 0) is 9.84 Å². The number of aromatic nitrogens is 1. The van der Waals surface area contributed by atoms with Crippen LogP contribution in [0, 0.1) is 0 Å². The highest BCUT2D eigenvalue weighted by Gasteiger charge is 2.40. The maximum atomic E-state index is 12.1. The maximum Gasteiger partial charge on any atom is 0.252 e. The van der Waals surface area contributed by atoms with Crippen molar-refractivity contribution in [1.82, 2.24) is 20.5 Å². The first-order chi connectivity index (χ1) is 11.8. The predicted octanol–water partition coefficient (Wildman–Crippen LogP) is 0.514. The third-order valence-corrected chi connectivity index (χ3v) is 6.71. The fourth-order valence-corrected chi connectivity index (χ4v) is 3.97. The van der Waals surface area contributed by atoms with Crippen LogP contribution in [0.15, 0.2) is 29.5 Å². The molecule has 2 rings (SSSR count). The molecule has 146 valence electrons. The predicted molar refractivity (Wildman–Crippen MR) is 113 cm³/mol. The van der Waals surface area contributed by atoms with Gasteiger partial charge in [0, 0.05) is 45.6 Å². The number of amides is 1. The Morgan fingerprint density at radius 2 is 2.04 bits per heavy atom. The van der Waals surface area contributed by atoms with Gasteiger partial charge in [-0.3, -0.25) is 14.8 Å². The first-order valence-electron chi connectivity index (χ1n) is 8.13. The molecular formula is C16H26IN5O3S. The third-order valence-electron chi connectivity index (χ3n) is 4.17. The number of guanidine groups is 1. The number of aliphatic imine (C=N–C) groups is 1. The smallest absolute Gasteiger partial charge is 0.252 e. The van der Waals surface area contributed by atoms with Crippen molar-refractivity contribution in [2.75, 3.05) is 39.0 Å². The minimum atomic E-state index is -3.09. The van der Waals surface area contributed by atoms with E-state index in [1.165, 1.54) is 6.20 Å². The lowest BCUT2D eigenvalue weighted by Crippen LogP contribution is -2.57. The summed E-state index contributed by atoms with van der Waals surface area (Å²) in [6.45, 7) is 5.17. The Bertz CT molecular complexity index is 738. The number of halogens is 1. The van der Waals surface area contributed by atoms with Gasteiger partial charge in [0.15, 0.2) is 15.8 Å². The highest BCUT2D eigenvalue weighted by molar-refractivity contribution is 14.0. The zero-order valence-electron chi connectivity index (χ0n) is 15.2. The quantitative estimate of drug-likeness (QED) is 0.273. The minimum absolute atomic E-state index is 0. The van der Waals surface area contributed by atoms with E-state index in [0.717, 1.165) is 0 Å². The molecule has 26 heavy (non-hydrogen) atoms. The number of hydrogen-bond donors (Lipinski definition) is 2. The lowest BCUT2D eigenvalue weighted by molar-refractivity contribution is 0.0954. The van der Waals surface area contributed by atoms with Crippen LogP contribution in [0.1, 0.15) is 24.2 Å². The Kier molecular flexibility index (Phi) is 8.25. The lowest BCUT2D eigenvalue weighted by atomic mass is 10.2. The Morgan fingerprint density at radius 1 is 1.35 bits per heavy atom.